The highest BCUT2D eigenvalue weighted by atomic mass is 16.5. The maximum atomic E-state index is 12.2. The Morgan fingerprint density at radius 3 is 2.60 bits per heavy atom. The molecule has 0 unspecified atom stereocenters. The second-order valence-corrected chi connectivity index (χ2v) is 5.83. The molecule has 1 aromatic carbocycles. The number of ether oxygens (including phenoxy) is 1. The molecule has 1 aromatic heterocycles. The summed E-state index contributed by atoms with van der Waals surface area (Å²) in [6, 6.07) is 7.51. The van der Waals surface area contributed by atoms with Gasteiger partial charge in [0.1, 0.15) is 5.75 Å². The Labute approximate surface area is 148 Å². The van der Waals surface area contributed by atoms with Gasteiger partial charge in [0, 0.05) is 31.5 Å². The van der Waals surface area contributed by atoms with Gasteiger partial charge in [-0.15, -0.1) is 0 Å². The van der Waals surface area contributed by atoms with Crippen molar-refractivity contribution < 1.29 is 14.1 Å². The molecule has 6 nitrogen and oxygen atoms in total. The van der Waals surface area contributed by atoms with E-state index in [9.17, 15) is 4.79 Å². The fraction of sp³-hybridized carbons (Fsp3) is 0.421. The zero-order chi connectivity index (χ0) is 18.2. The molecule has 25 heavy (non-hydrogen) atoms. The molecule has 1 amide bonds. The van der Waals surface area contributed by atoms with Crippen molar-refractivity contribution >= 4 is 5.91 Å². The van der Waals surface area contributed by atoms with Crippen LogP contribution in [-0.2, 0) is 11.2 Å². The summed E-state index contributed by atoms with van der Waals surface area (Å²) >= 11 is 0. The summed E-state index contributed by atoms with van der Waals surface area (Å²) in [4.78, 5) is 18.4. The van der Waals surface area contributed by atoms with E-state index in [1.54, 1.807) is 4.90 Å². The van der Waals surface area contributed by atoms with Gasteiger partial charge in [-0.25, -0.2) is 0 Å². The number of aromatic nitrogens is 2. The van der Waals surface area contributed by atoms with Crippen molar-refractivity contribution in [3.63, 3.8) is 0 Å². The van der Waals surface area contributed by atoms with E-state index < -0.39 is 0 Å². The summed E-state index contributed by atoms with van der Waals surface area (Å²) in [5, 5.41) is 3.99. The Morgan fingerprint density at radius 2 is 2.00 bits per heavy atom. The highest BCUT2D eigenvalue weighted by Crippen LogP contribution is 2.20. The van der Waals surface area contributed by atoms with E-state index in [0.29, 0.717) is 44.3 Å². The minimum Gasteiger partial charge on any atom is -0.494 e. The van der Waals surface area contributed by atoms with Gasteiger partial charge in [-0.3, -0.25) is 4.79 Å². The van der Waals surface area contributed by atoms with E-state index in [1.807, 2.05) is 45.0 Å². The van der Waals surface area contributed by atoms with Crippen LogP contribution in [0.3, 0.4) is 0 Å². The summed E-state index contributed by atoms with van der Waals surface area (Å²) in [6.45, 7) is 11.5. The van der Waals surface area contributed by atoms with E-state index in [1.165, 1.54) is 0 Å². The Balaban J connectivity index is 1.94. The van der Waals surface area contributed by atoms with Gasteiger partial charge in [0.2, 0.25) is 17.6 Å². The Hall–Kier alpha value is -2.63. The van der Waals surface area contributed by atoms with Crippen LogP contribution in [0, 0.1) is 0 Å². The first-order chi connectivity index (χ1) is 12.0. The van der Waals surface area contributed by atoms with Crippen LogP contribution in [0.2, 0.25) is 0 Å². The number of benzene rings is 1. The van der Waals surface area contributed by atoms with Crippen molar-refractivity contribution in [2.75, 3.05) is 19.7 Å². The van der Waals surface area contributed by atoms with Crippen molar-refractivity contribution in [2.45, 2.75) is 33.6 Å². The lowest BCUT2D eigenvalue weighted by atomic mass is 10.2. The summed E-state index contributed by atoms with van der Waals surface area (Å²) in [7, 11) is 0. The fourth-order valence-electron chi connectivity index (χ4n) is 2.41. The van der Waals surface area contributed by atoms with Crippen LogP contribution in [-0.4, -0.2) is 40.6 Å². The third kappa shape index (κ3) is 5.45. The molecule has 0 saturated carbocycles. The molecule has 0 aliphatic heterocycles. The molecule has 2 aromatic rings. The molecule has 0 radical (unpaired) electrons. The molecule has 0 atom stereocenters. The first kappa shape index (κ1) is 18.7. The molecule has 2 rings (SSSR count). The van der Waals surface area contributed by atoms with Gasteiger partial charge < -0.3 is 14.2 Å². The van der Waals surface area contributed by atoms with Gasteiger partial charge >= 0.3 is 0 Å². The number of likely N-dealkylation sites (N-methyl/N-ethyl adjacent to an activating group) is 1. The molecule has 0 aliphatic carbocycles. The summed E-state index contributed by atoms with van der Waals surface area (Å²) < 4.78 is 10.7. The predicted molar refractivity (Wildman–Crippen MR) is 96.3 cm³/mol. The number of amides is 1. The number of carbonyl (C=O) groups is 1. The lowest BCUT2D eigenvalue weighted by molar-refractivity contribution is -0.130. The predicted octanol–water partition coefficient (Wildman–Crippen LogP) is 3.49. The summed E-state index contributed by atoms with van der Waals surface area (Å²) in [6.07, 6.45) is 0.765. The number of rotatable bonds is 9. The number of aryl methyl sites for hydroxylation is 1. The smallest absolute Gasteiger partial charge is 0.227 e. The SMILES string of the molecule is C=C(C)CN(CC)C(=O)CCc1nc(-c2ccc(OCC)cc2)no1. The van der Waals surface area contributed by atoms with Crippen LogP contribution in [0.15, 0.2) is 40.9 Å². The second kappa shape index (κ2) is 9.01. The molecule has 0 spiro atoms. The third-order valence-electron chi connectivity index (χ3n) is 3.64. The second-order valence-electron chi connectivity index (χ2n) is 5.83. The minimum atomic E-state index is 0.0614. The fourth-order valence-corrected chi connectivity index (χ4v) is 2.41. The van der Waals surface area contributed by atoms with Gasteiger partial charge in [0.15, 0.2) is 0 Å². The van der Waals surface area contributed by atoms with Crippen molar-refractivity contribution in [3.05, 3.63) is 42.3 Å². The zero-order valence-electron chi connectivity index (χ0n) is 15.1. The average molecular weight is 343 g/mol. The maximum Gasteiger partial charge on any atom is 0.227 e. The van der Waals surface area contributed by atoms with Crippen LogP contribution in [0.25, 0.3) is 11.4 Å². The van der Waals surface area contributed by atoms with Crippen molar-refractivity contribution in [1.82, 2.24) is 15.0 Å². The van der Waals surface area contributed by atoms with Gasteiger partial charge in [-0.2, -0.15) is 4.98 Å². The molecule has 0 bridgehead atoms. The number of nitrogens with zero attached hydrogens (tertiary/aromatic N) is 3. The van der Waals surface area contributed by atoms with Crippen LogP contribution < -0.4 is 4.74 Å². The summed E-state index contributed by atoms with van der Waals surface area (Å²) in [5.41, 5.74) is 1.81. The molecule has 1 heterocycles. The van der Waals surface area contributed by atoms with Crippen molar-refractivity contribution in [1.29, 1.82) is 0 Å². The quantitative estimate of drug-likeness (QED) is 0.652. The van der Waals surface area contributed by atoms with Crippen molar-refractivity contribution in [2.24, 2.45) is 0 Å². The van der Waals surface area contributed by atoms with E-state index >= 15 is 0 Å². The maximum absolute atomic E-state index is 12.2. The highest BCUT2D eigenvalue weighted by molar-refractivity contribution is 5.76. The highest BCUT2D eigenvalue weighted by Gasteiger charge is 2.15. The average Bonchev–Trinajstić information content (AvgIpc) is 3.07. The Bertz CT molecular complexity index is 707. The molecule has 6 heteroatoms. The van der Waals surface area contributed by atoms with Crippen LogP contribution in [0.4, 0.5) is 0 Å². The number of carbonyl (C=O) groups excluding carboxylic acids is 1. The molecule has 0 N–H and O–H groups in total. The van der Waals surface area contributed by atoms with Crippen LogP contribution >= 0.6 is 0 Å². The van der Waals surface area contributed by atoms with E-state index in [4.69, 9.17) is 9.26 Å². The van der Waals surface area contributed by atoms with Crippen LogP contribution in [0.1, 0.15) is 33.1 Å². The lowest BCUT2D eigenvalue weighted by Crippen LogP contribution is -2.32. The molecular formula is C19H25N3O3. The minimum absolute atomic E-state index is 0.0614. The zero-order valence-corrected chi connectivity index (χ0v) is 15.1. The van der Waals surface area contributed by atoms with Gasteiger partial charge in [-0.05, 0) is 45.0 Å². The molecule has 134 valence electrons. The van der Waals surface area contributed by atoms with Crippen molar-refractivity contribution in [3.8, 4) is 17.1 Å². The standard InChI is InChI=1S/C19H25N3O3/c1-5-22(13-14(3)4)18(23)12-11-17-20-19(21-25-17)15-7-9-16(10-8-15)24-6-2/h7-10H,3,5-6,11-13H2,1-2,4H3. The normalized spacial score (nSPS) is 10.5. The number of hydrogen-bond donors (Lipinski definition) is 0. The largest absolute Gasteiger partial charge is 0.494 e. The first-order valence-electron chi connectivity index (χ1n) is 8.51. The first-order valence-corrected chi connectivity index (χ1v) is 8.51. The van der Waals surface area contributed by atoms with Gasteiger partial charge in [0.25, 0.3) is 0 Å². The molecule has 0 saturated heterocycles. The van der Waals surface area contributed by atoms with E-state index in [2.05, 4.69) is 16.7 Å². The Kier molecular flexibility index (Phi) is 6.74. The lowest BCUT2D eigenvalue weighted by Gasteiger charge is -2.20. The molecule has 0 aliphatic rings. The molecule has 0 fully saturated rings. The van der Waals surface area contributed by atoms with Crippen LogP contribution in [0.5, 0.6) is 5.75 Å². The molecular weight excluding hydrogens is 318 g/mol. The van der Waals surface area contributed by atoms with E-state index in [-0.39, 0.29) is 5.91 Å². The monoisotopic (exact) mass is 343 g/mol. The topological polar surface area (TPSA) is 68.5 Å². The summed E-state index contributed by atoms with van der Waals surface area (Å²) in [5.74, 6) is 1.84. The Morgan fingerprint density at radius 1 is 1.28 bits per heavy atom. The van der Waals surface area contributed by atoms with Gasteiger partial charge in [0.05, 0.1) is 6.61 Å². The number of hydrogen-bond acceptors (Lipinski definition) is 5. The van der Waals surface area contributed by atoms with Gasteiger partial charge in [-0.1, -0.05) is 17.3 Å². The third-order valence-corrected chi connectivity index (χ3v) is 3.64. The van der Waals surface area contributed by atoms with E-state index in [0.717, 1.165) is 16.9 Å².